The smallest absolute Gasteiger partial charge is 0.0347 e. The first-order valence-electron chi connectivity index (χ1n) is 4.20. The van der Waals surface area contributed by atoms with Gasteiger partial charge in [0.15, 0.2) is 0 Å². The fourth-order valence-corrected chi connectivity index (χ4v) is 3.36. The van der Waals surface area contributed by atoms with Gasteiger partial charge in [-0.05, 0) is 12.8 Å². The van der Waals surface area contributed by atoms with E-state index in [1.807, 2.05) is 3.12 Å². The molecule has 2 unspecified atom stereocenters. The molecular formula is C6H13N3S3. The van der Waals surface area contributed by atoms with Crippen LogP contribution in [0.4, 0.5) is 0 Å². The van der Waals surface area contributed by atoms with Crippen molar-refractivity contribution in [2.24, 2.45) is 0 Å². The maximum absolute atomic E-state index is 4.24. The minimum absolute atomic E-state index is 0.619. The molecule has 2 N–H and O–H groups in total. The Hall–Kier alpha value is 0.930. The van der Waals surface area contributed by atoms with Crippen molar-refractivity contribution >= 4 is 37.1 Å². The average Bonchev–Trinajstić information content (AvgIpc) is 2.29. The van der Waals surface area contributed by atoms with Crippen LogP contribution in [-0.4, -0.2) is 15.2 Å². The Bertz CT molecular complexity index is 141. The highest BCUT2D eigenvalue weighted by Gasteiger charge is 2.28. The van der Waals surface area contributed by atoms with Crippen molar-refractivity contribution in [2.45, 2.75) is 37.8 Å². The Morgan fingerprint density at radius 2 is 1.58 bits per heavy atom. The van der Waals surface area contributed by atoms with Gasteiger partial charge in [-0.1, -0.05) is 25.7 Å². The summed E-state index contributed by atoms with van der Waals surface area (Å²) in [5, 5.41) is 0. The van der Waals surface area contributed by atoms with Crippen molar-refractivity contribution in [3.63, 3.8) is 0 Å². The highest BCUT2D eigenvalue weighted by atomic mass is 32.3. The van der Waals surface area contributed by atoms with Crippen LogP contribution in [0.15, 0.2) is 0 Å². The molecule has 2 atom stereocenters. The molecule has 0 radical (unpaired) electrons. The van der Waals surface area contributed by atoms with Crippen molar-refractivity contribution in [1.29, 1.82) is 0 Å². The van der Waals surface area contributed by atoms with E-state index in [1.165, 1.54) is 25.7 Å². The Kier molecular flexibility index (Phi) is 3.50. The quantitative estimate of drug-likeness (QED) is 0.430. The van der Waals surface area contributed by atoms with Gasteiger partial charge < -0.3 is 0 Å². The number of hydrogen-bond donors (Lipinski definition) is 3. The summed E-state index contributed by atoms with van der Waals surface area (Å²) in [6.45, 7) is 0. The lowest BCUT2D eigenvalue weighted by Crippen LogP contribution is -2.43. The predicted molar refractivity (Wildman–Crippen MR) is 58.3 cm³/mol. The van der Waals surface area contributed by atoms with E-state index in [0.29, 0.717) is 12.1 Å². The maximum Gasteiger partial charge on any atom is 0.0347 e. The van der Waals surface area contributed by atoms with Gasteiger partial charge in [0.05, 0.1) is 0 Å². The van der Waals surface area contributed by atoms with Crippen molar-refractivity contribution in [3.8, 4) is 0 Å². The zero-order chi connectivity index (χ0) is 8.39. The van der Waals surface area contributed by atoms with E-state index in [-0.39, 0.29) is 0 Å². The van der Waals surface area contributed by atoms with Crippen LogP contribution in [0.25, 0.3) is 0 Å². The van der Waals surface area contributed by atoms with Gasteiger partial charge in [-0.25, -0.2) is 9.44 Å². The van der Waals surface area contributed by atoms with E-state index in [4.69, 9.17) is 0 Å². The molecule has 6 heteroatoms. The number of nitrogens with one attached hydrogen (secondary N) is 2. The SMILES string of the molecule is SN1SNC2CCCCC2NS1. The summed E-state index contributed by atoms with van der Waals surface area (Å²) >= 11 is 7.39. The van der Waals surface area contributed by atoms with Crippen LogP contribution in [0.1, 0.15) is 25.7 Å². The third kappa shape index (κ3) is 2.24. The van der Waals surface area contributed by atoms with Gasteiger partial charge in [-0.15, -0.1) is 3.12 Å². The third-order valence-electron chi connectivity index (χ3n) is 2.33. The summed E-state index contributed by atoms with van der Waals surface area (Å²) in [6, 6.07) is 1.24. The second kappa shape index (κ2) is 4.43. The first-order valence-corrected chi connectivity index (χ1v) is 6.15. The van der Waals surface area contributed by atoms with Crippen molar-refractivity contribution in [3.05, 3.63) is 0 Å². The Balaban J connectivity index is 1.94. The molecule has 0 amide bonds. The van der Waals surface area contributed by atoms with E-state index in [2.05, 4.69) is 22.3 Å². The molecule has 1 aliphatic carbocycles. The van der Waals surface area contributed by atoms with Crippen LogP contribution >= 0.6 is 37.1 Å². The molecule has 1 heterocycles. The van der Waals surface area contributed by atoms with Crippen molar-refractivity contribution in [2.75, 3.05) is 0 Å². The molecule has 1 saturated heterocycles. The monoisotopic (exact) mass is 223 g/mol. The molecule has 3 nitrogen and oxygen atoms in total. The van der Waals surface area contributed by atoms with Gasteiger partial charge in [-0.2, -0.15) is 0 Å². The lowest BCUT2D eigenvalue weighted by Gasteiger charge is -2.28. The molecule has 70 valence electrons. The second-order valence-electron chi connectivity index (χ2n) is 3.15. The number of hydrogen-bond acceptors (Lipinski definition) is 6. The fraction of sp³-hybridized carbons (Fsp3) is 1.00. The number of rotatable bonds is 0. The Labute approximate surface area is 87.5 Å². The lowest BCUT2D eigenvalue weighted by atomic mass is 9.92. The normalized spacial score (nSPS) is 38.8. The summed E-state index contributed by atoms with van der Waals surface area (Å²) in [5.74, 6) is 0. The summed E-state index contributed by atoms with van der Waals surface area (Å²) in [6.07, 6.45) is 5.28. The van der Waals surface area contributed by atoms with Crippen molar-refractivity contribution < 1.29 is 0 Å². The standard InChI is InChI=1S/C6H13N3S3/c10-9-11-7-5-3-1-2-4-6(5)8-12-9/h5-8,10H,1-4H2. The van der Waals surface area contributed by atoms with Crippen LogP contribution < -0.4 is 9.44 Å². The summed E-state index contributed by atoms with van der Waals surface area (Å²) in [7, 11) is 0. The molecule has 12 heavy (non-hydrogen) atoms. The largest absolute Gasteiger partial charge is 0.244 e. The zero-order valence-corrected chi connectivity index (χ0v) is 9.22. The lowest BCUT2D eigenvalue weighted by molar-refractivity contribution is 0.355. The molecule has 0 aromatic rings. The molecule has 1 saturated carbocycles. The van der Waals surface area contributed by atoms with Gasteiger partial charge in [0.2, 0.25) is 0 Å². The van der Waals surface area contributed by atoms with E-state index in [0.717, 1.165) is 0 Å². The van der Waals surface area contributed by atoms with Gasteiger partial charge in [0, 0.05) is 36.4 Å². The molecule has 0 spiro atoms. The van der Waals surface area contributed by atoms with Gasteiger partial charge in [-0.3, -0.25) is 0 Å². The summed E-state index contributed by atoms with van der Waals surface area (Å²) in [4.78, 5) is 0. The first-order chi connectivity index (χ1) is 5.86. The predicted octanol–water partition coefficient (Wildman–Crippen LogP) is 1.76. The van der Waals surface area contributed by atoms with Gasteiger partial charge in [0.25, 0.3) is 0 Å². The minimum atomic E-state index is 0.619. The molecule has 0 aromatic carbocycles. The van der Waals surface area contributed by atoms with Crippen LogP contribution in [0.5, 0.6) is 0 Å². The van der Waals surface area contributed by atoms with E-state index >= 15 is 0 Å². The maximum atomic E-state index is 4.24. The molecular weight excluding hydrogens is 210 g/mol. The topological polar surface area (TPSA) is 27.3 Å². The van der Waals surface area contributed by atoms with Gasteiger partial charge >= 0.3 is 0 Å². The second-order valence-corrected chi connectivity index (χ2v) is 5.89. The highest BCUT2D eigenvalue weighted by molar-refractivity contribution is 8.19. The minimum Gasteiger partial charge on any atom is -0.244 e. The molecule has 2 rings (SSSR count). The number of fused-ring (bicyclic) bond motifs is 1. The Morgan fingerprint density at radius 3 is 2.08 bits per heavy atom. The molecule has 0 aromatic heterocycles. The molecule has 0 bridgehead atoms. The third-order valence-corrected chi connectivity index (χ3v) is 4.40. The van der Waals surface area contributed by atoms with E-state index in [1.54, 1.807) is 24.3 Å². The molecule has 2 aliphatic rings. The fourth-order valence-electron chi connectivity index (χ4n) is 1.66. The van der Waals surface area contributed by atoms with Crippen LogP contribution in [0, 0.1) is 0 Å². The first kappa shape index (κ1) is 9.48. The van der Waals surface area contributed by atoms with Crippen molar-refractivity contribution in [1.82, 2.24) is 12.6 Å². The summed E-state index contributed by atoms with van der Waals surface area (Å²) < 4.78 is 8.65. The number of thiol groups is 1. The zero-order valence-electron chi connectivity index (χ0n) is 6.69. The van der Waals surface area contributed by atoms with Gasteiger partial charge in [0.1, 0.15) is 0 Å². The van der Waals surface area contributed by atoms with Crippen LogP contribution in [-0.2, 0) is 0 Å². The van der Waals surface area contributed by atoms with E-state index in [9.17, 15) is 0 Å². The number of nitrogens with zero attached hydrogens (tertiary/aromatic N) is 1. The average molecular weight is 223 g/mol. The van der Waals surface area contributed by atoms with Crippen LogP contribution in [0.3, 0.4) is 0 Å². The molecule has 2 fully saturated rings. The molecule has 1 aliphatic heterocycles. The van der Waals surface area contributed by atoms with Crippen LogP contribution in [0.2, 0.25) is 0 Å². The highest BCUT2D eigenvalue weighted by Crippen LogP contribution is 2.29. The summed E-state index contributed by atoms with van der Waals surface area (Å²) in [5.41, 5.74) is 0. The Morgan fingerprint density at radius 1 is 1.08 bits per heavy atom. The van der Waals surface area contributed by atoms with E-state index < -0.39 is 0 Å².